The van der Waals surface area contributed by atoms with Gasteiger partial charge in [0.1, 0.15) is 5.69 Å². The van der Waals surface area contributed by atoms with Gasteiger partial charge < -0.3 is 15.6 Å². The van der Waals surface area contributed by atoms with Crippen molar-refractivity contribution in [3.8, 4) is 0 Å². The molecule has 0 aliphatic carbocycles. The van der Waals surface area contributed by atoms with E-state index in [0.717, 1.165) is 6.42 Å². The summed E-state index contributed by atoms with van der Waals surface area (Å²) >= 11 is 0. The Morgan fingerprint density at radius 3 is 2.65 bits per heavy atom. The number of hydrogen-bond donors (Lipinski definition) is 2. The zero-order valence-corrected chi connectivity index (χ0v) is 10.5. The van der Waals surface area contributed by atoms with Gasteiger partial charge >= 0.3 is 0 Å². The highest BCUT2D eigenvalue weighted by Crippen LogP contribution is 2.07. The lowest BCUT2D eigenvalue weighted by atomic mass is 10.2. The summed E-state index contributed by atoms with van der Waals surface area (Å²) in [6, 6.07) is 1.67. The first-order valence-corrected chi connectivity index (χ1v) is 5.63. The highest BCUT2D eigenvalue weighted by Gasteiger charge is 2.13. The van der Waals surface area contributed by atoms with Crippen LogP contribution in [0.25, 0.3) is 0 Å². The molecule has 0 aliphatic rings. The number of nitrogens with two attached hydrogens (primary N) is 1. The Bertz CT molecular complexity index is 421. The highest BCUT2D eigenvalue weighted by atomic mass is 16.2. The molecule has 1 atom stereocenters. The Morgan fingerprint density at radius 2 is 2.18 bits per heavy atom. The third-order valence-corrected chi connectivity index (χ3v) is 2.53. The number of nitrogens with zero attached hydrogens (tertiary/aromatic N) is 1. The van der Waals surface area contributed by atoms with Crippen LogP contribution in [0.3, 0.4) is 0 Å². The normalized spacial score (nSPS) is 12.2. The number of carbonyl (C=O) groups excluding carboxylic acids is 2. The molecule has 3 N–H and O–H groups in total. The number of nitrogens with one attached hydrogen (secondary N) is 1. The van der Waals surface area contributed by atoms with Crippen molar-refractivity contribution in [3.05, 3.63) is 23.5 Å². The molecule has 1 heterocycles. The van der Waals surface area contributed by atoms with Crippen LogP contribution in [0, 0.1) is 0 Å². The van der Waals surface area contributed by atoms with Gasteiger partial charge in [-0.15, -0.1) is 0 Å². The number of rotatable bonds is 5. The van der Waals surface area contributed by atoms with Gasteiger partial charge in [0.15, 0.2) is 5.78 Å². The van der Waals surface area contributed by atoms with Crippen LogP contribution in [0.1, 0.15) is 41.1 Å². The molecule has 1 unspecified atom stereocenters. The van der Waals surface area contributed by atoms with Crippen LogP contribution in [-0.4, -0.2) is 28.8 Å². The molecule has 0 saturated carbocycles. The molecule has 0 aliphatic heterocycles. The zero-order valence-electron chi connectivity index (χ0n) is 10.5. The fraction of sp³-hybridized carbons (Fsp3) is 0.500. The molecular formula is C12H19N3O2. The molecule has 0 bridgehead atoms. The number of ketones is 1. The number of carbonyl (C=O) groups is 2. The van der Waals surface area contributed by atoms with Crippen LogP contribution in [0.4, 0.5) is 0 Å². The van der Waals surface area contributed by atoms with Crippen LogP contribution in [0.2, 0.25) is 0 Å². The van der Waals surface area contributed by atoms with Crippen LogP contribution in [-0.2, 0) is 7.05 Å². The van der Waals surface area contributed by atoms with Gasteiger partial charge in [0.25, 0.3) is 5.91 Å². The van der Waals surface area contributed by atoms with Gasteiger partial charge in [-0.2, -0.15) is 0 Å². The number of hydrogen-bond acceptors (Lipinski definition) is 3. The Balaban J connectivity index is 2.66. The topological polar surface area (TPSA) is 77.1 Å². The molecule has 1 aromatic heterocycles. The maximum absolute atomic E-state index is 11.8. The zero-order chi connectivity index (χ0) is 13.0. The van der Waals surface area contributed by atoms with Crippen molar-refractivity contribution in [3.63, 3.8) is 0 Å². The predicted octanol–water partition coefficient (Wildman–Crippen LogP) is 0.695. The Hall–Kier alpha value is -1.62. The molecule has 5 nitrogen and oxygen atoms in total. The van der Waals surface area contributed by atoms with E-state index in [9.17, 15) is 9.59 Å². The van der Waals surface area contributed by atoms with E-state index in [1.54, 1.807) is 23.9 Å². The minimum absolute atomic E-state index is 0.0461. The summed E-state index contributed by atoms with van der Waals surface area (Å²) < 4.78 is 1.65. The van der Waals surface area contributed by atoms with Gasteiger partial charge in [-0.25, -0.2) is 0 Å². The van der Waals surface area contributed by atoms with Crippen molar-refractivity contribution < 1.29 is 9.59 Å². The van der Waals surface area contributed by atoms with Crippen LogP contribution in [0.15, 0.2) is 12.3 Å². The Labute approximate surface area is 101 Å². The first kappa shape index (κ1) is 13.4. The lowest BCUT2D eigenvalue weighted by Gasteiger charge is -2.07. The largest absolute Gasteiger partial charge is 0.351 e. The molecule has 17 heavy (non-hydrogen) atoms. The van der Waals surface area contributed by atoms with Crippen molar-refractivity contribution in [2.75, 3.05) is 6.54 Å². The summed E-state index contributed by atoms with van der Waals surface area (Å²) in [6.07, 6.45) is 2.39. The van der Waals surface area contributed by atoms with Crippen molar-refractivity contribution in [2.24, 2.45) is 12.8 Å². The van der Waals surface area contributed by atoms with Gasteiger partial charge in [0, 0.05) is 31.4 Å². The van der Waals surface area contributed by atoms with E-state index < -0.39 is 0 Å². The van der Waals surface area contributed by atoms with E-state index in [-0.39, 0.29) is 17.7 Å². The summed E-state index contributed by atoms with van der Waals surface area (Å²) in [4.78, 5) is 23.0. The van der Waals surface area contributed by atoms with Gasteiger partial charge in [-0.1, -0.05) is 0 Å². The fourth-order valence-corrected chi connectivity index (χ4v) is 1.49. The minimum atomic E-state index is -0.180. The summed E-state index contributed by atoms with van der Waals surface area (Å²) in [5, 5.41) is 2.77. The molecule has 0 radical (unpaired) electrons. The Kier molecular flexibility index (Phi) is 4.45. The van der Waals surface area contributed by atoms with Gasteiger partial charge in [-0.05, 0) is 26.3 Å². The molecule has 0 aromatic carbocycles. The first-order chi connectivity index (χ1) is 7.91. The summed E-state index contributed by atoms with van der Waals surface area (Å²) in [5.41, 5.74) is 6.62. The van der Waals surface area contributed by atoms with Gasteiger partial charge in [0.2, 0.25) is 0 Å². The summed E-state index contributed by atoms with van der Waals surface area (Å²) in [7, 11) is 1.74. The fourth-order valence-electron chi connectivity index (χ4n) is 1.49. The average molecular weight is 237 g/mol. The van der Waals surface area contributed by atoms with Gasteiger partial charge in [0.05, 0.1) is 0 Å². The molecule has 1 aromatic rings. The first-order valence-electron chi connectivity index (χ1n) is 5.63. The second-order valence-electron chi connectivity index (χ2n) is 4.30. The maximum Gasteiger partial charge on any atom is 0.267 e. The van der Waals surface area contributed by atoms with E-state index in [0.29, 0.717) is 17.8 Å². The van der Waals surface area contributed by atoms with Crippen molar-refractivity contribution in [1.82, 2.24) is 9.88 Å². The van der Waals surface area contributed by atoms with E-state index >= 15 is 0 Å². The lowest BCUT2D eigenvalue weighted by Crippen LogP contribution is -2.30. The van der Waals surface area contributed by atoms with Crippen molar-refractivity contribution in [1.29, 1.82) is 0 Å². The molecule has 5 heteroatoms. The van der Waals surface area contributed by atoms with E-state index in [2.05, 4.69) is 5.32 Å². The average Bonchev–Trinajstić information content (AvgIpc) is 2.59. The number of amides is 1. The highest BCUT2D eigenvalue weighted by molar-refractivity contribution is 5.99. The van der Waals surface area contributed by atoms with Crippen LogP contribution in [0.5, 0.6) is 0 Å². The molecule has 0 fully saturated rings. The second kappa shape index (κ2) is 5.63. The number of aromatic nitrogens is 1. The summed E-state index contributed by atoms with van der Waals surface area (Å²) in [5.74, 6) is -0.226. The molecule has 1 amide bonds. The second-order valence-corrected chi connectivity index (χ2v) is 4.30. The SMILES string of the molecule is CC(=O)c1cc(C(=O)NCCC(C)N)n(C)c1. The van der Waals surface area contributed by atoms with E-state index in [1.165, 1.54) is 6.92 Å². The number of Topliss-reactive ketones (excluding diaryl/α,β-unsaturated/α-hetero) is 1. The third kappa shape index (κ3) is 3.71. The standard InChI is InChI=1S/C12H19N3O2/c1-8(13)4-5-14-12(17)11-6-10(9(2)16)7-15(11)3/h6-8H,4-5,13H2,1-3H3,(H,14,17). The molecule has 1 rings (SSSR count). The predicted molar refractivity (Wildman–Crippen MR) is 66.0 cm³/mol. The van der Waals surface area contributed by atoms with Crippen LogP contribution >= 0.6 is 0 Å². The lowest BCUT2D eigenvalue weighted by molar-refractivity contribution is 0.0944. The molecular weight excluding hydrogens is 218 g/mol. The quantitative estimate of drug-likeness (QED) is 0.740. The molecule has 0 spiro atoms. The van der Waals surface area contributed by atoms with Crippen molar-refractivity contribution >= 4 is 11.7 Å². The smallest absolute Gasteiger partial charge is 0.267 e. The minimum Gasteiger partial charge on any atom is -0.351 e. The molecule has 0 saturated heterocycles. The monoisotopic (exact) mass is 237 g/mol. The van der Waals surface area contributed by atoms with Crippen molar-refractivity contribution in [2.45, 2.75) is 26.3 Å². The summed E-state index contributed by atoms with van der Waals surface area (Å²) in [6.45, 7) is 3.91. The van der Waals surface area contributed by atoms with E-state index in [4.69, 9.17) is 5.73 Å². The maximum atomic E-state index is 11.8. The van der Waals surface area contributed by atoms with Gasteiger partial charge in [-0.3, -0.25) is 9.59 Å². The third-order valence-electron chi connectivity index (χ3n) is 2.53. The number of aryl methyl sites for hydroxylation is 1. The molecule has 94 valence electrons. The van der Waals surface area contributed by atoms with E-state index in [1.807, 2.05) is 6.92 Å². The van der Waals surface area contributed by atoms with Crippen LogP contribution < -0.4 is 11.1 Å². The Morgan fingerprint density at radius 1 is 1.53 bits per heavy atom.